The Morgan fingerprint density at radius 1 is 0.724 bits per heavy atom. The van der Waals surface area contributed by atoms with E-state index in [-0.39, 0.29) is 11.8 Å². The number of benzene rings is 2. The van der Waals surface area contributed by atoms with Gasteiger partial charge in [-0.3, -0.25) is 0 Å². The first-order chi connectivity index (χ1) is 14.1. The van der Waals surface area contributed by atoms with Gasteiger partial charge in [0.15, 0.2) is 0 Å². The van der Waals surface area contributed by atoms with Crippen LogP contribution < -0.4 is 0 Å². The summed E-state index contributed by atoms with van der Waals surface area (Å²) in [6.07, 6.45) is 3.75. The highest BCUT2D eigenvalue weighted by Gasteiger charge is 2.50. The highest BCUT2D eigenvalue weighted by atomic mass is 16.5. The van der Waals surface area contributed by atoms with E-state index in [4.69, 9.17) is 9.47 Å². The summed E-state index contributed by atoms with van der Waals surface area (Å²) in [6.45, 7) is 0. The smallest absolute Gasteiger partial charge is 0.335 e. The number of esters is 2. The fourth-order valence-electron chi connectivity index (χ4n) is 6.40. The van der Waals surface area contributed by atoms with E-state index >= 15 is 0 Å². The van der Waals surface area contributed by atoms with Gasteiger partial charge < -0.3 is 9.47 Å². The molecule has 4 nitrogen and oxygen atoms in total. The molecule has 0 aliphatic heterocycles. The minimum absolute atomic E-state index is 0.280. The standard InChI is InChI=1S/C25H22O4/c1-28-24(26)22-20-14-5-3-4-6-15(14)21(23(22)25(27)29-2)19-11-17-13-8-7-12(9-13)16(17)10-18(19)20/h3-6,10-13,20-21H,7-9H2,1-2H3/t12-,13-,20-,21-/m0/s1. The van der Waals surface area contributed by atoms with E-state index in [1.54, 1.807) is 0 Å². The maximum atomic E-state index is 12.9. The Labute approximate surface area is 169 Å². The minimum atomic E-state index is -0.442. The van der Waals surface area contributed by atoms with Crippen LogP contribution in [-0.4, -0.2) is 26.2 Å². The van der Waals surface area contributed by atoms with Gasteiger partial charge in [0.25, 0.3) is 0 Å². The van der Waals surface area contributed by atoms with Gasteiger partial charge in [0.2, 0.25) is 0 Å². The molecule has 1 fully saturated rings. The largest absolute Gasteiger partial charge is 0.466 e. The molecule has 146 valence electrons. The lowest BCUT2D eigenvalue weighted by Gasteiger charge is -2.42. The predicted molar refractivity (Wildman–Crippen MR) is 107 cm³/mol. The van der Waals surface area contributed by atoms with Crippen molar-refractivity contribution < 1.29 is 19.1 Å². The van der Waals surface area contributed by atoms with Crippen molar-refractivity contribution in [2.45, 2.75) is 42.9 Å². The zero-order valence-electron chi connectivity index (χ0n) is 16.5. The van der Waals surface area contributed by atoms with Crippen molar-refractivity contribution in [2.24, 2.45) is 0 Å². The molecule has 0 N–H and O–H groups in total. The molecule has 5 aliphatic carbocycles. The van der Waals surface area contributed by atoms with Gasteiger partial charge in [-0.15, -0.1) is 0 Å². The maximum Gasteiger partial charge on any atom is 0.335 e. The Kier molecular flexibility index (Phi) is 3.41. The second kappa shape index (κ2) is 5.82. The molecule has 0 saturated heterocycles. The lowest BCUT2D eigenvalue weighted by atomic mass is 9.60. The van der Waals surface area contributed by atoms with Gasteiger partial charge in [0.05, 0.1) is 25.4 Å². The summed E-state index contributed by atoms with van der Waals surface area (Å²) in [7, 11) is 2.75. The normalized spacial score (nSPS) is 27.4. The quantitative estimate of drug-likeness (QED) is 0.723. The van der Waals surface area contributed by atoms with Gasteiger partial charge in [-0.05, 0) is 64.5 Å². The molecule has 2 aromatic rings. The molecule has 0 spiro atoms. The van der Waals surface area contributed by atoms with E-state index in [1.165, 1.54) is 44.6 Å². The SMILES string of the molecule is COC(=O)C1=C(C(=O)OC)[C@H]2c3ccccc3[C@H]1c1cc3c(cc12)[C@H]1CC[C@H]3C1. The summed E-state index contributed by atoms with van der Waals surface area (Å²) in [5, 5.41) is 0. The van der Waals surface area contributed by atoms with Crippen LogP contribution in [0.15, 0.2) is 47.5 Å². The molecule has 1 saturated carbocycles. The molecule has 29 heavy (non-hydrogen) atoms. The first-order valence-electron chi connectivity index (χ1n) is 10.3. The van der Waals surface area contributed by atoms with Crippen LogP contribution in [0.3, 0.4) is 0 Å². The summed E-state index contributed by atoms with van der Waals surface area (Å²) < 4.78 is 10.3. The van der Waals surface area contributed by atoms with Crippen LogP contribution in [0.25, 0.3) is 0 Å². The van der Waals surface area contributed by atoms with Crippen LogP contribution in [0, 0.1) is 0 Å². The maximum absolute atomic E-state index is 12.9. The molecule has 4 heteroatoms. The molecule has 0 radical (unpaired) electrons. The van der Waals surface area contributed by atoms with E-state index in [2.05, 4.69) is 24.3 Å². The van der Waals surface area contributed by atoms with Crippen LogP contribution in [0.2, 0.25) is 0 Å². The molecule has 4 atom stereocenters. The molecule has 0 aromatic heterocycles. The second-order valence-electron chi connectivity index (χ2n) is 8.62. The van der Waals surface area contributed by atoms with Gasteiger partial charge in [-0.25, -0.2) is 9.59 Å². The van der Waals surface area contributed by atoms with Crippen LogP contribution in [0.5, 0.6) is 0 Å². The fraction of sp³-hybridized carbons (Fsp3) is 0.360. The molecule has 0 heterocycles. The molecular formula is C25H22O4. The third-order valence-corrected chi connectivity index (χ3v) is 7.52. The zero-order valence-corrected chi connectivity index (χ0v) is 16.5. The van der Waals surface area contributed by atoms with E-state index in [0.29, 0.717) is 23.0 Å². The topological polar surface area (TPSA) is 52.6 Å². The van der Waals surface area contributed by atoms with Crippen molar-refractivity contribution in [2.75, 3.05) is 14.2 Å². The van der Waals surface area contributed by atoms with Crippen molar-refractivity contribution in [1.82, 2.24) is 0 Å². The molecule has 4 bridgehead atoms. The lowest BCUT2D eigenvalue weighted by Crippen LogP contribution is -2.35. The Morgan fingerprint density at radius 2 is 1.17 bits per heavy atom. The van der Waals surface area contributed by atoms with Gasteiger partial charge >= 0.3 is 11.9 Å². The Hall–Kier alpha value is -2.88. The van der Waals surface area contributed by atoms with Crippen molar-refractivity contribution in [3.05, 3.63) is 80.9 Å². The fourth-order valence-corrected chi connectivity index (χ4v) is 6.40. The number of carbonyl (C=O) groups is 2. The Balaban J connectivity index is 1.67. The molecule has 2 aromatic carbocycles. The molecule has 0 unspecified atom stereocenters. The van der Waals surface area contributed by atoms with Gasteiger partial charge in [-0.1, -0.05) is 36.4 Å². The Morgan fingerprint density at radius 3 is 1.59 bits per heavy atom. The number of rotatable bonds is 2. The third-order valence-electron chi connectivity index (χ3n) is 7.52. The monoisotopic (exact) mass is 386 g/mol. The first-order valence-corrected chi connectivity index (χ1v) is 10.3. The van der Waals surface area contributed by atoms with Crippen LogP contribution in [-0.2, 0) is 19.1 Å². The van der Waals surface area contributed by atoms with Gasteiger partial charge in [0, 0.05) is 11.8 Å². The molecule has 5 aliphatic rings. The van der Waals surface area contributed by atoms with E-state index in [0.717, 1.165) is 22.3 Å². The Bertz CT molecular complexity index is 1040. The first kappa shape index (κ1) is 17.0. The van der Waals surface area contributed by atoms with Gasteiger partial charge in [-0.2, -0.15) is 0 Å². The van der Waals surface area contributed by atoms with E-state index in [1.807, 2.05) is 12.1 Å². The van der Waals surface area contributed by atoms with Crippen LogP contribution >= 0.6 is 0 Å². The average molecular weight is 386 g/mol. The summed E-state index contributed by atoms with van der Waals surface area (Å²) in [5.74, 6) is -0.164. The minimum Gasteiger partial charge on any atom is -0.466 e. The zero-order chi connectivity index (χ0) is 19.9. The number of hydrogen-bond acceptors (Lipinski definition) is 4. The lowest BCUT2D eigenvalue weighted by molar-refractivity contribution is -0.140. The highest BCUT2D eigenvalue weighted by Crippen LogP contribution is 2.60. The van der Waals surface area contributed by atoms with Crippen molar-refractivity contribution in [3.63, 3.8) is 0 Å². The van der Waals surface area contributed by atoms with E-state index < -0.39 is 11.9 Å². The number of carbonyl (C=O) groups excluding carboxylic acids is 2. The van der Waals surface area contributed by atoms with Crippen LogP contribution in [0.4, 0.5) is 0 Å². The van der Waals surface area contributed by atoms with E-state index in [9.17, 15) is 9.59 Å². The third kappa shape index (κ3) is 2.04. The molecule has 7 rings (SSSR count). The number of methoxy groups -OCH3 is 2. The average Bonchev–Trinajstić information content (AvgIpc) is 3.38. The van der Waals surface area contributed by atoms with Crippen molar-refractivity contribution >= 4 is 11.9 Å². The molecular weight excluding hydrogens is 364 g/mol. The number of fused-ring (bicyclic) bond motifs is 5. The van der Waals surface area contributed by atoms with Crippen molar-refractivity contribution in [3.8, 4) is 0 Å². The van der Waals surface area contributed by atoms with Crippen LogP contribution in [0.1, 0.15) is 76.3 Å². The summed E-state index contributed by atoms with van der Waals surface area (Å²) in [6, 6.07) is 12.8. The second-order valence-corrected chi connectivity index (χ2v) is 8.62. The van der Waals surface area contributed by atoms with Gasteiger partial charge in [0.1, 0.15) is 0 Å². The summed E-state index contributed by atoms with van der Waals surface area (Å²) >= 11 is 0. The summed E-state index contributed by atoms with van der Waals surface area (Å²) in [5.41, 5.74) is 8.31. The summed E-state index contributed by atoms with van der Waals surface area (Å²) in [4.78, 5) is 25.8. The highest BCUT2D eigenvalue weighted by molar-refractivity contribution is 6.06. The number of hydrogen-bond donors (Lipinski definition) is 0. The predicted octanol–water partition coefficient (Wildman–Crippen LogP) is 4.28. The number of ether oxygens (including phenoxy) is 2. The van der Waals surface area contributed by atoms with Crippen molar-refractivity contribution in [1.29, 1.82) is 0 Å². The molecule has 0 amide bonds.